The molecule has 1 aromatic rings. The van der Waals surface area contributed by atoms with Crippen molar-refractivity contribution >= 4 is 6.03 Å². The third-order valence-corrected chi connectivity index (χ3v) is 3.43. The summed E-state index contributed by atoms with van der Waals surface area (Å²) in [7, 11) is 0. The topological polar surface area (TPSA) is 41.1 Å². The first-order chi connectivity index (χ1) is 9.15. The van der Waals surface area contributed by atoms with Crippen molar-refractivity contribution in [2.75, 3.05) is 6.54 Å². The molecule has 0 atom stereocenters. The number of amides is 2. The van der Waals surface area contributed by atoms with Gasteiger partial charge in [-0.1, -0.05) is 35.4 Å². The zero-order valence-corrected chi connectivity index (χ0v) is 11.7. The lowest BCUT2D eigenvalue weighted by molar-refractivity contribution is 0.244. The molecule has 3 heteroatoms. The van der Waals surface area contributed by atoms with Gasteiger partial charge in [0.25, 0.3) is 0 Å². The van der Waals surface area contributed by atoms with Gasteiger partial charge in [-0.25, -0.2) is 4.79 Å². The molecule has 0 aliphatic heterocycles. The van der Waals surface area contributed by atoms with Gasteiger partial charge in [-0.15, -0.1) is 0 Å². The number of carbonyl (C=O) groups excluding carboxylic acids is 1. The van der Waals surface area contributed by atoms with Crippen LogP contribution in [-0.4, -0.2) is 12.6 Å². The zero-order chi connectivity index (χ0) is 13.7. The molecule has 1 fully saturated rings. The first-order valence-electron chi connectivity index (χ1n) is 6.92. The summed E-state index contributed by atoms with van der Waals surface area (Å²) in [6.07, 6.45) is 5.22. The summed E-state index contributed by atoms with van der Waals surface area (Å²) < 4.78 is 0. The van der Waals surface area contributed by atoms with E-state index in [2.05, 4.69) is 42.7 Å². The summed E-state index contributed by atoms with van der Waals surface area (Å²) in [4.78, 5) is 11.6. The normalized spacial score (nSPS) is 15.2. The van der Waals surface area contributed by atoms with Crippen molar-refractivity contribution in [2.24, 2.45) is 5.92 Å². The predicted molar refractivity (Wildman–Crippen MR) is 77.9 cm³/mol. The summed E-state index contributed by atoms with van der Waals surface area (Å²) in [5.41, 5.74) is 3.78. The highest BCUT2D eigenvalue weighted by Gasteiger charge is 2.22. The summed E-state index contributed by atoms with van der Waals surface area (Å²) in [5, 5.41) is 5.66. The van der Waals surface area contributed by atoms with Gasteiger partial charge in [0, 0.05) is 12.7 Å². The van der Waals surface area contributed by atoms with Gasteiger partial charge >= 0.3 is 6.03 Å². The molecule has 0 spiro atoms. The summed E-state index contributed by atoms with van der Waals surface area (Å²) >= 11 is 0. The second-order valence-electron chi connectivity index (χ2n) is 5.30. The maximum absolute atomic E-state index is 11.6. The van der Waals surface area contributed by atoms with Gasteiger partial charge in [-0.3, -0.25) is 0 Å². The highest BCUT2D eigenvalue weighted by Crippen LogP contribution is 2.35. The molecule has 1 saturated carbocycles. The number of aryl methyl sites for hydroxylation is 1. The quantitative estimate of drug-likeness (QED) is 0.837. The molecule has 2 rings (SSSR count). The highest BCUT2D eigenvalue weighted by atomic mass is 16.2. The molecule has 0 heterocycles. The fraction of sp³-hybridized carbons (Fsp3) is 0.438. The lowest BCUT2D eigenvalue weighted by Crippen LogP contribution is -2.33. The second-order valence-corrected chi connectivity index (χ2v) is 5.30. The van der Waals surface area contributed by atoms with E-state index in [1.807, 2.05) is 12.3 Å². The molecule has 2 N–H and O–H groups in total. The average Bonchev–Trinajstić information content (AvgIpc) is 3.20. The first-order valence-corrected chi connectivity index (χ1v) is 6.92. The van der Waals surface area contributed by atoms with Crippen molar-refractivity contribution < 1.29 is 4.79 Å². The molecule has 0 aromatic heterocycles. The predicted octanol–water partition coefficient (Wildman–Crippen LogP) is 3.15. The maximum Gasteiger partial charge on any atom is 0.318 e. The highest BCUT2D eigenvalue weighted by molar-refractivity contribution is 5.74. The number of hydrogen-bond acceptors (Lipinski definition) is 1. The van der Waals surface area contributed by atoms with E-state index in [0.29, 0.717) is 12.5 Å². The minimum absolute atomic E-state index is 0.118. The number of urea groups is 1. The van der Waals surface area contributed by atoms with Gasteiger partial charge in [-0.05, 0) is 44.6 Å². The second kappa shape index (κ2) is 6.41. The lowest BCUT2D eigenvalue weighted by atomic mass is 10.1. The number of rotatable bonds is 5. The molecule has 0 radical (unpaired) electrons. The number of hydrogen-bond donors (Lipinski definition) is 2. The van der Waals surface area contributed by atoms with E-state index in [0.717, 1.165) is 6.42 Å². The van der Waals surface area contributed by atoms with Crippen LogP contribution in [0.4, 0.5) is 4.79 Å². The Labute approximate surface area is 115 Å². The van der Waals surface area contributed by atoms with Crippen LogP contribution in [0, 0.1) is 12.8 Å². The van der Waals surface area contributed by atoms with Crippen molar-refractivity contribution in [2.45, 2.75) is 33.1 Å². The molecule has 2 amide bonds. The fourth-order valence-electron chi connectivity index (χ4n) is 2.07. The van der Waals surface area contributed by atoms with E-state index < -0.39 is 0 Å². The van der Waals surface area contributed by atoms with Crippen LogP contribution in [0.5, 0.6) is 0 Å². The average molecular weight is 258 g/mol. The number of carbonyl (C=O) groups is 1. The van der Waals surface area contributed by atoms with E-state index in [1.165, 1.54) is 29.5 Å². The van der Waals surface area contributed by atoms with Crippen LogP contribution < -0.4 is 10.6 Å². The van der Waals surface area contributed by atoms with Crippen molar-refractivity contribution in [1.29, 1.82) is 0 Å². The van der Waals surface area contributed by atoms with Gasteiger partial charge in [-0.2, -0.15) is 0 Å². The Morgan fingerprint density at radius 1 is 1.42 bits per heavy atom. The third-order valence-electron chi connectivity index (χ3n) is 3.43. The Morgan fingerprint density at radius 2 is 2.21 bits per heavy atom. The van der Waals surface area contributed by atoms with E-state index in [9.17, 15) is 4.79 Å². The Morgan fingerprint density at radius 3 is 2.89 bits per heavy atom. The van der Waals surface area contributed by atoms with Crippen LogP contribution in [0.15, 0.2) is 36.0 Å². The lowest BCUT2D eigenvalue weighted by Gasteiger charge is -2.06. The van der Waals surface area contributed by atoms with Gasteiger partial charge in [0.15, 0.2) is 0 Å². The van der Waals surface area contributed by atoms with Gasteiger partial charge in [0.05, 0.1) is 0 Å². The van der Waals surface area contributed by atoms with Crippen LogP contribution in [0.1, 0.15) is 30.9 Å². The van der Waals surface area contributed by atoms with Gasteiger partial charge < -0.3 is 10.6 Å². The molecule has 0 bridgehead atoms. The fourth-order valence-corrected chi connectivity index (χ4v) is 2.07. The Kier molecular flexibility index (Phi) is 4.61. The van der Waals surface area contributed by atoms with Crippen molar-refractivity contribution in [3.05, 3.63) is 47.2 Å². The monoisotopic (exact) mass is 258 g/mol. The molecule has 1 aromatic carbocycles. The molecule has 0 unspecified atom stereocenters. The molecular weight excluding hydrogens is 236 g/mol. The largest absolute Gasteiger partial charge is 0.338 e. The van der Waals surface area contributed by atoms with Crippen LogP contribution in [0.25, 0.3) is 0 Å². The standard InChI is InChI=1S/C16H22N2O/c1-12-4-3-5-14(10-12)8-9-17-16(19)18-11-13(2)15-6-7-15/h3-5,10-11,15H,6-9H2,1-2H3,(H2,17,18,19)/b13-11+. The van der Waals surface area contributed by atoms with Gasteiger partial charge in [0.2, 0.25) is 0 Å². The SMILES string of the molecule is C/C(=C\NC(=O)NCCc1cccc(C)c1)C1CC1. The molecule has 19 heavy (non-hydrogen) atoms. The molecular formula is C16H22N2O. The van der Waals surface area contributed by atoms with E-state index in [4.69, 9.17) is 0 Å². The summed E-state index contributed by atoms with van der Waals surface area (Å²) in [5.74, 6) is 0.701. The van der Waals surface area contributed by atoms with Crippen molar-refractivity contribution in [3.8, 4) is 0 Å². The molecule has 102 valence electrons. The Balaban J connectivity index is 1.67. The van der Waals surface area contributed by atoms with Crippen LogP contribution in [-0.2, 0) is 6.42 Å². The maximum atomic E-state index is 11.6. The van der Waals surface area contributed by atoms with Crippen LogP contribution in [0.2, 0.25) is 0 Å². The molecule has 1 aliphatic carbocycles. The van der Waals surface area contributed by atoms with Crippen LogP contribution >= 0.6 is 0 Å². The van der Waals surface area contributed by atoms with Crippen molar-refractivity contribution in [1.82, 2.24) is 10.6 Å². The minimum atomic E-state index is -0.118. The molecule has 3 nitrogen and oxygen atoms in total. The Bertz CT molecular complexity index is 475. The zero-order valence-electron chi connectivity index (χ0n) is 11.7. The van der Waals surface area contributed by atoms with E-state index in [1.54, 1.807) is 0 Å². The third kappa shape index (κ3) is 4.78. The van der Waals surface area contributed by atoms with E-state index in [-0.39, 0.29) is 6.03 Å². The smallest absolute Gasteiger partial charge is 0.318 e. The molecule has 0 saturated heterocycles. The van der Waals surface area contributed by atoms with Crippen LogP contribution in [0.3, 0.4) is 0 Å². The summed E-state index contributed by atoms with van der Waals surface area (Å²) in [6.45, 7) is 4.81. The van der Waals surface area contributed by atoms with Gasteiger partial charge in [0.1, 0.15) is 0 Å². The van der Waals surface area contributed by atoms with E-state index >= 15 is 0 Å². The first kappa shape index (κ1) is 13.7. The number of nitrogens with one attached hydrogen (secondary N) is 2. The summed E-state index contributed by atoms with van der Waals surface area (Å²) in [6, 6.07) is 8.25. The molecule has 1 aliphatic rings. The minimum Gasteiger partial charge on any atom is -0.338 e. The number of allylic oxidation sites excluding steroid dienone is 1. The number of benzene rings is 1. The van der Waals surface area contributed by atoms with Crippen molar-refractivity contribution in [3.63, 3.8) is 0 Å². The Hall–Kier alpha value is -1.77.